The molecule has 3 aromatic carbocycles. The molecule has 51 heavy (non-hydrogen) atoms. The minimum Gasteiger partial charge on any atom is 0 e. The fourth-order valence-corrected chi connectivity index (χ4v) is 8.98. The Bertz CT molecular complexity index is 2650. The van der Waals surface area contributed by atoms with Gasteiger partial charge in [-0.3, -0.25) is 9.97 Å². The Balaban J connectivity index is 0.000000188. The van der Waals surface area contributed by atoms with Crippen molar-refractivity contribution in [2.45, 2.75) is 44.3 Å². The first-order chi connectivity index (χ1) is 26.0. The van der Waals surface area contributed by atoms with E-state index in [9.17, 15) is 0 Å². The number of hydrogen-bond donors (Lipinski definition) is 0. The molecule has 0 saturated carbocycles. The summed E-state index contributed by atoms with van der Waals surface area (Å²) < 4.78 is 48.9. The number of aryl methyl sites for hydroxylation is 2. The topological polar surface area (TPSA) is 69.6 Å². The summed E-state index contributed by atoms with van der Waals surface area (Å²) in [6.07, 6.45) is 3.93. The van der Waals surface area contributed by atoms with E-state index >= 15 is 0 Å². The molecule has 0 aliphatic carbocycles. The molecule has 0 spiro atoms. The molecule has 8 aromatic rings. The van der Waals surface area contributed by atoms with Gasteiger partial charge in [0.15, 0.2) is 0 Å². The maximum Gasteiger partial charge on any atom is 0 e. The first-order valence-electron chi connectivity index (χ1n) is 19.1. The third-order valence-corrected chi connectivity index (χ3v) is 12.7. The monoisotopic (exact) mass is 915 g/mol. The average Bonchev–Trinajstić information content (AvgIpc) is 3.71. The zero-order valence-electron chi connectivity index (χ0n) is 34.4. The van der Waals surface area contributed by atoms with Gasteiger partial charge in [-0.1, -0.05) is 41.3 Å². The van der Waals surface area contributed by atoms with E-state index in [4.69, 9.17) is 21.2 Å². The van der Waals surface area contributed by atoms with Gasteiger partial charge in [-0.25, -0.2) is 4.98 Å². The molecule has 0 aliphatic rings. The summed E-state index contributed by atoms with van der Waals surface area (Å²) in [5.41, 5.74) is 8.22. The van der Waals surface area contributed by atoms with Crippen molar-refractivity contribution in [1.82, 2.24) is 24.5 Å². The van der Waals surface area contributed by atoms with Gasteiger partial charge in [-0.05, 0) is 18.2 Å². The third kappa shape index (κ3) is 7.62. The van der Waals surface area contributed by atoms with Crippen LogP contribution in [0.3, 0.4) is 0 Å². The zero-order chi connectivity index (χ0) is 39.3. The van der Waals surface area contributed by atoms with Crippen LogP contribution in [0.1, 0.15) is 31.8 Å². The van der Waals surface area contributed by atoms with Gasteiger partial charge in [0.25, 0.3) is 0 Å². The predicted octanol–water partition coefficient (Wildman–Crippen LogP) is 10.00. The van der Waals surface area contributed by atoms with Crippen LogP contribution in [-0.4, -0.2) is 37.8 Å². The molecule has 0 fully saturated rings. The van der Waals surface area contributed by atoms with Crippen molar-refractivity contribution in [3.63, 3.8) is 0 Å². The van der Waals surface area contributed by atoms with Gasteiger partial charge in [0.05, 0.1) is 34.3 Å². The molecule has 0 N–H and O–H groups in total. The Morgan fingerprint density at radius 3 is 2.45 bits per heavy atom. The molecule has 0 aliphatic heterocycles. The molecule has 5 aromatic heterocycles. The second kappa shape index (κ2) is 15.0. The van der Waals surface area contributed by atoms with Crippen molar-refractivity contribution < 1.29 is 31.4 Å². The van der Waals surface area contributed by atoms with Crippen molar-refractivity contribution >= 4 is 50.8 Å². The summed E-state index contributed by atoms with van der Waals surface area (Å²) in [6, 6.07) is 32.9. The Morgan fingerprint density at radius 2 is 1.75 bits per heavy atom. The smallest absolute Gasteiger partial charge is 0 e. The number of fused-ring (bicyclic) bond motifs is 4. The van der Waals surface area contributed by atoms with Gasteiger partial charge in [-0.15, -0.1) is 18.2 Å². The van der Waals surface area contributed by atoms with Crippen LogP contribution in [0.2, 0.25) is 17.3 Å². The van der Waals surface area contributed by atoms with Crippen LogP contribution in [0.5, 0.6) is 0 Å². The van der Waals surface area contributed by atoms with Crippen LogP contribution in [0, 0.1) is 24.9 Å². The number of furan rings is 1. The van der Waals surface area contributed by atoms with Crippen molar-refractivity contribution in [2.24, 2.45) is 13.0 Å². The average molecular weight is 914 g/mol. The van der Waals surface area contributed by atoms with Gasteiger partial charge >= 0.3 is 139 Å². The minimum atomic E-state index is -2.32. The number of nitrogens with zero attached hydrogens (tertiary/aromatic N) is 5. The van der Waals surface area contributed by atoms with Crippen LogP contribution in [0.4, 0.5) is 0 Å². The van der Waals surface area contributed by atoms with Crippen LogP contribution < -0.4 is 4.40 Å². The van der Waals surface area contributed by atoms with Gasteiger partial charge in [-0.2, -0.15) is 0 Å². The van der Waals surface area contributed by atoms with Crippen LogP contribution >= 0.6 is 0 Å². The molecule has 5 heterocycles. The summed E-state index contributed by atoms with van der Waals surface area (Å²) in [4.78, 5) is 18.3. The number of imidazole rings is 1. The SMILES string of the molecule is Cn1c(-c2[c-]ccc3c2oc2nc(-c4ccccc4)ccc23)nc2ccncc21.[2H]C([2H])([2H])c1c[c-]c(-c2cc(C([2H])([2H])C(C)C)[c]([Ge]([CH3])([CH3])[CH3])cn2)cc1.[Ir]. The molecule has 8 rings (SSSR count). The second-order valence-corrected chi connectivity index (χ2v) is 24.2. The van der Waals surface area contributed by atoms with E-state index in [0.717, 1.165) is 54.4 Å². The molecule has 6 nitrogen and oxygen atoms in total. The molecule has 0 saturated heterocycles. The molecule has 259 valence electrons. The van der Waals surface area contributed by atoms with E-state index in [1.54, 1.807) is 18.3 Å². The number of aromatic nitrogens is 5. The summed E-state index contributed by atoms with van der Waals surface area (Å²) in [7, 11) is 1.98. The van der Waals surface area contributed by atoms with Crippen LogP contribution in [0.15, 0.2) is 108 Å². The molecule has 0 unspecified atom stereocenters. The quantitative estimate of drug-likeness (QED) is 0.123. The number of pyridine rings is 3. The predicted molar refractivity (Wildman–Crippen MR) is 208 cm³/mol. The van der Waals surface area contributed by atoms with Gasteiger partial charge in [0.1, 0.15) is 0 Å². The van der Waals surface area contributed by atoms with Gasteiger partial charge in [0, 0.05) is 44.3 Å². The van der Waals surface area contributed by atoms with E-state index in [1.807, 2.05) is 98.5 Å². The fraction of sp³-hybridized carbons (Fsp3) is 0.209. The molecule has 0 amide bonds. The number of hydrogen-bond acceptors (Lipinski definition) is 5. The second-order valence-electron chi connectivity index (χ2n) is 13.6. The summed E-state index contributed by atoms with van der Waals surface area (Å²) in [5, 5.41) is 1.99. The van der Waals surface area contributed by atoms with Crippen molar-refractivity contribution in [1.29, 1.82) is 0 Å². The van der Waals surface area contributed by atoms with Crippen LogP contribution in [0.25, 0.3) is 67.0 Å². The van der Waals surface area contributed by atoms with E-state index in [1.165, 1.54) is 6.07 Å². The Kier molecular flexibility index (Phi) is 8.92. The summed E-state index contributed by atoms with van der Waals surface area (Å²) >= 11 is -2.32. The fourth-order valence-electron chi connectivity index (χ4n) is 6.03. The Labute approximate surface area is 323 Å². The van der Waals surface area contributed by atoms with E-state index < -0.39 is 26.5 Å². The molecule has 0 atom stereocenters. The summed E-state index contributed by atoms with van der Waals surface area (Å²) in [6.45, 7) is 1.61. The van der Waals surface area contributed by atoms with Crippen molar-refractivity contribution in [3.05, 3.63) is 127 Å². The maximum atomic E-state index is 8.60. The zero-order valence-corrected chi connectivity index (χ0v) is 33.9. The van der Waals surface area contributed by atoms with Crippen molar-refractivity contribution in [2.75, 3.05) is 0 Å². The van der Waals surface area contributed by atoms with Gasteiger partial charge in [0.2, 0.25) is 5.71 Å². The van der Waals surface area contributed by atoms with E-state index in [-0.39, 0.29) is 31.6 Å². The third-order valence-electron chi connectivity index (χ3n) is 8.52. The first-order valence-corrected chi connectivity index (χ1v) is 24.0. The molecule has 8 heteroatoms. The standard InChI is InChI=1S/C24H15N4O.C19H26GeN.Ir/c1-28-21-14-25-13-12-20(21)26-23(28)18-9-5-8-16-17-10-11-19(15-6-3-2-4-7-15)27-24(17)29-22(16)18;1-14(2)11-17-12-19(16-9-7-15(3)8-10-16)21-13-18(17)20(4,5)6;/h2-8,10-14H,1H3;7-9,12-14H,11H2,1-6H3;/q2*-1;/i;3D3,11D2;. The number of rotatable bonds is 6. The Morgan fingerprint density at radius 1 is 0.922 bits per heavy atom. The first kappa shape index (κ1) is 30.2. The van der Waals surface area contributed by atoms with E-state index in [2.05, 4.69) is 45.4 Å². The normalized spacial score (nSPS) is 13.5. The largest absolute Gasteiger partial charge is 0 e. The molecule has 1 radical (unpaired) electrons. The maximum absolute atomic E-state index is 8.60. The molecular weight excluding hydrogens is 867 g/mol. The molecule has 0 bridgehead atoms. The number of benzene rings is 3. The summed E-state index contributed by atoms with van der Waals surface area (Å²) in [5.74, 6) is 7.32. The van der Waals surface area contributed by atoms with E-state index in [0.29, 0.717) is 22.5 Å². The Hall–Kier alpha value is -4.43. The minimum absolute atomic E-state index is 0. The molecular formula is C43H41GeIrN5O-2. The van der Waals surface area contributed by atoms with Gasteiger partial charge < -0.3 is 8.98 Å². The van der Waals surface area contributed by atoms with Crippen LogP contribution in [-0.2, 0) is 33.5 Å². The van der Waals surface area contributed by atoms with Crippen molar-refractivity contribution in [3.8, 4) is 33.9 Å².